The molecule has 146 valence electrons. The molecule has 27 heavy (non-hydrogen) atoms. The molecule has 1 amide bonds. The van der Waals surface area contributed by atoms with E-state index in [2.05, 4.69) is 5.32 Å². The van der Waals surface area contributed by atoms with Gasteiger partial charge in [-0.25, -0.2) is 8.42 Å². The zero-order chi connectivity index (χ0) is 20.2. The number of nitrogens with one attached hydrogen (secondary N) is 1. The summed E-state index contributed by atoms with van der Waals surface area (Å²) in [6.45, 7) is 5.43. The van der Waals surface area contributed by atoms with Gasteiger partial charge in [0.25, 0.3) is 0 Å². The van der Waals surface area contributed by atoms with Crippen LogP contribution >= 0.6 is 0 Å². The lowest BCUT2D eigenvalue weighted by molar-refractivity contribution is -0.122. The molecule has 0 aromatic heterocycles. The molecule has 0 aliphatic carbocycles. The first-order valence-electron chi connectivity index (χ1n) is 8.64. The Labute approximate surface area is 161 Å². The number of nitrogens with zero attached hydrogens (tertiary/aromatic N) is 1. The van der Waals surface area contributed by atoms with Crippen molar-refractivity contribution >= 4 is 21.6 Å². The van der Waals surface area contributed by atoms with E-state index in [4.69, 9.17) is 4.74 Å². The molecule has 0 bridgehead atoms. The number of anilines is 1. The number of hydrogen-bond donors (Lipinski definition) is 1. The second-order valence-corrected chi connectivity index (χ2v) is 8.43. The minimum absolute atomic E-state index is 0.238. The third-order valence-electron chi connectivity index (χ3n) is 4.35. The molecular formula is C20H26N2O4S. The van der Waals surface area contributed by atoms with Gasteiger partial charge in [0.2, 0.25) is 15.9 Å². The van der Waals surface area contributed by atoms with Crippen LogP contribution in [0.3, 0.4) is 0 Å². The predicted molar refractivity (Wildman–Crippen MR) is 108 cm³/mol. The second kappa shape index (κ2) is 8.43. The predicted octanol–water partition coefficient (Wildman–Crippen LogP) is 3.04. The number of benzene rings is 2. The van der Waals surface area contributed by atoms with Crippen LogP contribution < -0.4 is 14.4 Å². The maximum atomic E-state index is 12.7. The molecule has 0 saturated heterocycles. The number of sulfonamides is 1. The summed E-state index contributed by atoms with van der Waals surface area (Å²) in [5.41, 5.74) is 2.49. The number of carbonyl (C=O) groups is 1. The molecule has 6 nitrogen and oxygen atoms in total. The summed E-state index contributed by atoms with van der Waals surface area (Å²) in [5, 5.41) is 2.89. The summed E-state index contributed by atoms with van der Waals surface area (Å²) >= 11 is 0. The molecule has 0 saturated carbocycles. The van der Waals surface area contributed by atoms with Crippen LogP contribution in [0.25, 0.3) is 0 Å². The van der Waals surface area contributed by atoms with Gasteiger partial charge in [0.15, 0.2) is 0 Å². The van der Waals surface area contributed by atoms with Gasteiger partial charge in [-0.05, 0) is 50.6 Å². The maximum absolute atomic E-state index is 12.7. The van der Waals surface area contributed by atoms with Crippen LogP contribution in [0.1, 0.15) is 31.0 Å². The highest BCUT2D eigenvalue weighted by molar-refractivity contribution is 7.92. The van der Waals surface area contributed by atoms with E-state index in [0.717, 1.165) is 21.7 Å². The number of carbonyl (C=O) groups excluding carboxylic acids is 1. The molecule has 0 radical (unpaired) electrons. The fourth-order valence-corrected chi connectivity index (χ4v) is 3.99. The molecule has 0 fully saturated rings. The van der Waals surface area contributed by atoms with Gasteiger partial charge in [-0.15, -0.1) is 0 Å². The summed E-state index contributed by atoms with van der Waals surface area (Å²) in [4.78, 5) is 12.7. The van der Waals surface area contributed by atoms with Crippen LogP contribution in [0.15, 0.2) is 48.5 Å². The molecule has 0 heterocycles. The molecule has 2 aromatic carbocycles. The first-order valence-corrected chi connectivity index (χ1v) is 10.5. The number of amides is 1. The standard InChI is InChI=1S/C20H26N2O4S/c1-14-6-8-17(9-7-14)15(2)21-20(23)16(3)22(27(5,24)25)18-10-12-19(26-4)13-11-18/h6-13,15-16H,1-5H3,(H,21,23)/t15-,16-/m0/s1. The highest BCUT2D eigenvalue weighted by atomic mass is 32.2. The van der Waals surface area contributed by atoms with E-state index in [0.29, 0.717) is 11.4 Å². The number of ether oxygens (including phenoxy) is 1. The minimum Gasteiger partial charge on any atom is -0.497 e. The van der Waals surface area contributed by atoms with Crippen molar-refractivity contribution in [3.63, 3.8) is 0 Å². The van der Waals surface area contributed by atoms with Gasteiger partial charge in [0.1, 0.15) is 11.8 Å². The fourth-order valence-electron chi connectivity index (χ4n) is 2.81. The maximum Gasteiger partial charge on any atom is 0.244 e. The highest BCUT2D eigenvalue weighted by Gasteiger charge is 2.29. The van der Waals surface area contributed by atoms with Crippen molar-refractivity contribution < 1.29 is 17.9 Å². The lowest BCUT2D eigenvalue weighted by Gasteiger charge is -2.29. The van der Waals surface area contributed by atoms with Gasteiger partial charge in [0, 0.05) is 0 Å². The normalized spacial score (nSPS) is 13.5. The van der Waals surface area contributed by atoms with E-state index in [1.54, 1.807) is 31.2 Å². The van der Waals surface area contributed by atoms with Crippen molar-refractivity contribution in [1.82, 2.24) is 5.32 Å². The Balaban J connectivity index is 2.22. The Morgan fingerprint density at radius 2 is 1.59 bits per heavy atom. The smallest absolute Gasteiger partial charge is 0.244 e. The van der Waals surface area contributed by atoms with E-state index in [1.165, 1.54) is 7.11 Å². The number of rotatable bonds is 7. The molecule has 0 spiro atoms. The fraction of sp³-hybridized carbons (Fsp3) is 0.350. The molecule has 2 atom stereocenters. The SMILES string of the molecule is COc1ccc(N([C@@H](C)C(=O)N[C@@H](C)c2ccc(C)cc2)S(C)(=O)=O)cc1. The quantitative estimate of drug-likeness (QED) is 0.788. The largest absolute Gasteiger partial charge is 0.497 e. The Bertz CT molecular complexity index is 877. The van der Waals surface area contributed by atoms with E-state index in [1.807, 2.05) is 38.1 Å². The van der Waals surface area contributed by atoms with Crippen LogP contribution in [0.4, 0.5) is 5.69 Å². The average molecular weight is 391 g/mol. The highest BCUT2D eigenvalue weighted by Crippen LogP contribution is 2.24. The molecule has 7 heteroatoms. The summed E-state index contributed by atoms with van der Waals surface area (Å²) in [6, 6.07) is 13.3. The lowest BCUT2D eigenvalue weighted by atomic mass is 10.1. The topological polar surface area (TPSA) is 75.7 Å². The van der Waals surface area contributed by atoms with Crippen molar-refractivity contribution in [2.24, 2.45) is 0 Å². The molecule has 2 aromatic rings. The van der Waals surface area contributed by atoms with Crippen molar-refractivity contribution in [1.29, 1.82) is 0 Å². The van der Waals surface area contributed by atoms with E-state index < -0.39 is 16.1 Å². The van der Waals surface area contributed by atoms with E-state index in [-0.39, 0.29) is 11.9 Å². The molecule has 0 aliphatic heterocycles. The molecule has 0 aliphatic rings. The number of aryl methyl sites for hydroxylation is 1. The Morgan fingerprint density at radius 3 is 2.07 bits per heavy atom. The first kappa shape index (κ1) is 20.8. The first-order chi connectivity index (χ1) is 12.6. The van der Waals surface area contributed by atoms with Gasteiger partial charge in [-0.3, -0.25) is 9.10 Å². The molecular weight excluding hydrogens is 364 g/mol. The van der Waals surface area contributed by atoms with Gasteiger partial charge < -0.3 is 10.1 Å². The number of methoxy groups -OCH3 is 1. The van der Waals surface area contributed by atoms with Gasteiger partial charge in [-0.2, -0.15) is 0 Å². The zero-order valence-corrected chi connectivity index (χ0v) is 17.1. The minimum atomic E-state index is -3.66. The van der Waals surface area contributed by atoms with Crippen LogP contribution in [0, 0.1) is 6.92 Å². The van der Waals surface area contributed by atoms with Crippen LogP contribution in [0.5, 0.6) is 5.75 Å². The van der Waals surface area contributed by atoms with Gasteiger partial charge in [-0.1, -0.05) is 29.8 Å². The van der Waals surface area contributed by atoms with Gasteiger partial charge in [0.05, 0.1) is 25.1 Å². The third-order valence-corrected chi connectivity index (χ3v) is 5.59. The molecule has 0 unspecified atom stereocenters. The molecule has 1 N–H and O–H groups in total. The van der Waals surface area contributed by atoms with Crippen molar-refractivity contribution in [2.75, 3.05) is 17.7 Å². The van der Waals surface area contributed by atoms with Crippen molar-refractivity contribution in [2.45, 2.75) is 32.9 Å². The Kier molecular flexibility index (Phi) is 6.49. The summed E-state index contributed by atoms with van der Waals surface area (Å²) in [7, 11) is -2.12. The van der Waals surface area contributed by atoms with Crippen molar-refractivity contribution in [3.8, 4) is 5.75 Å². The zero-order valence-electron chi connectivity index (χ0n) is 16.3. The third kappa shape index (κ3) is 5.23. The second-order valence-electron chi connectivity index (χ2n) is 6.57. The summed E-state index contributed by atoms with van der Waals surface area (Å²) in [6.07, 6.45) is 1.09. The van der Waals surface area contributed by atoms with Gasteiger partial charge >= 0.3 is 0 Å². The summed E-state index contributed by atoms with van der Waals surface area (Å²) < 4.78 is 30.9. The van der Waals surface area contributed by atoms with Crippen LogP contribution in [0.2, 0.25) is 0 Å². The van der Waals surface area contributed by atoms with E-state index >= 15 is 0 Å². The Morgan fingerprint density at radius 1 is 1.04 bits per heavy atom. The van der Waals surface area contributed by atoms with Crippen LogP contribution in [-0.2, 0) is 14.8 Å². The lowest BCUT2D eigenvalue weighted by Crippen LogP contribution is -2.48. The average Bonchev–Trinajstić information content (AvgIpc) is 2.61. The monoisotopic (exact) mass is 390 g/mol. The van der Waals surface area contributed by atoms with Crippen LogP contribution in [-0.4, -0.2) is 33.7 Å². The van der Waals surface area contributed by atoms with Crippen molar-refractivity contribution in [3.05, 3.63) is 59.7 Å². The van der Waals surface area contributed by atoms with E-state index in [9.17, 15) is 13.2 Å². The molecule has 2 rings (SSSR count). The Hall–Kier alpha value is -2.54. The number of hydrogen-bond acceptors (Lipinski definition) is 4. The summed E-state index contributed by atoms with van der Waals surface area (Å²) in [5.74, 6) is 0.238.